The molecule has 0 aliphatic heterocycles. The van der Waals surface area contributed by atoms with Gasteiger partial charge in [-0.05, 0) is 24.6 Å². The number of benzene rings is 2. The van der Waals surface area contributed by atoms with Gasteiger partial charge in [0.1, 0.15) is 5.65 Å². The summed E-state index contributed by atoms with van der Waals surface area (Å²) >= 11 is 0. The first-order chi connectivity index (χ1) is 10.8. The summed E-state index contributed by atoms with van der Waals surface area (Å²) in [6.07, 6.45) is 1.06. The number of nitrogens with zero attached hydrogens (tertiary/aromatic N) is 2. The minimum atomic E-state index is -0.0934. The highest BCUT2D eigenvalue weighted by Crippen LogP contribution is 2.28. The molecule has 0 fully saturated rings. The summed E-state index contributed by atoms with van der Waals surface area (Å²) in [5.74, 6) is 0. The molecule has 0 atom stereocenters. The van der Waals surface area contributed by atoms with Crippen LogP contribution in [0.5, 0.6) is 0 Å². The molecular formula is C18H13N3O. The Hall–Kier alpha value is -3.06. The lowest BCUT2D eigenvalue weighted by molar-refractivity contribution is 1.02. The quantitative estimate of drug-likeness (QED) is 0.614. The smallest absolute Gasteiger partial charge is 0.258 e. The van der Waals surface area contributed by atoms with Crippen LogP contribution in [0.2, 0.25) is 0 Å². The minimum absolute atomic E-state index is 0.0934. The summed E-state index contributed by atoms with van der Waals surface area (Å²) in [4.78, 5) is 15.4. The average Bonchev–Trinajstić information content (AvgIpc) is 2.87. The van der Waals surface area contributed by atoms with Gasteiger partial charge in [0.05, 0.1) is 22.5 Å². The van der Waals surface area contributed by atoms with Crippen LogP contribution in [0.1, 0.15) is 12.0 Å². The molecule has 4 nitrogen and oxygen atoms in total. The van der Waals surface area contributed by atoms with Crippen LogP contribution >= 0.6 is 0 Å². The molecule has 4 heteroatoms. The van der Waals surface area contributed by atoms with Crippen molar-refractivity contribution in [3.8, 4) is 6.07 Å². The van der Waals surface area contributed by atoms with Gasteiger partial charge in [-0.25, -0.2) is 0 Å². The third-order valence-corrected chi connectivity index (χ3v) is 4.09. The second-order valence-corrected chi connectivity index (χ2v) is 5.31. The Morgan fingerprint density at radius 2 is 1.64 bits per heavy atom. The van der Waals surface area contributed by atoms with Gasteiger partial charge in [0, 0.05) is 17.4 Å². The number of aromatic amines is 1. The molecule has 4 aromatic rings. The number of nitriles is 1. The van der Waals surface area contributed by atoms with Crippen LogP contribution in [-0.2, 0) is 6.42 Å². The first-order valence-corrected chi connectivity index (χ1v) is 7.21. The molecule has 0 bridgehead atoms. The number of hydrogen-bond acceptors (Lipinski definition) is 2. The lowest BCUT2D eigenvalue weighted by Gasteiger charge is -2.04. The van der Waals surface area contributed by atoms with Crippen LogP contribution < -0.4 is 5.56 Å². The predicted octanol–water partition coefficient (Wildman–Crippen LogP) is 3.39. The van der Waals surface area contributed by atoms with E-state index in [0.717, 1.165) is 27.6 Å². The lowest BCUT2D eigenvalue weighted by Crippen LogP contribution is -2.10. The normalized spacial score (nSPS) is 11.2. The van der Waals surface area contributed by atoms with Crippen molar-refractivity contribution in [1.82, 2.24) is 9.38 Å². The Morgan fingerprint density at radius 1 is 1.00 bits per heavy atom. The van der Waals surface area contributed by atoms with E-state index in [2.05, 4.69) is 15.5 Å². The van der Waals surface area contributed by atoms with Crippen LogP contribution in [0.25, 0.3) is 27.5 Å². The molecule has 0 amide bonds. The van der Waals surface area contributed by atoms with E-state index in [1.165, 1.54) is 0 Å². The van der Waals surface area contributed by atoms with Crippen LogP contribution in [0.4, 0.5) is 0 Å². The summed E-state index contributed by atoms with van der Waals surface area (Å²) in [6.45, 7) is 0. The van der Waals surface area contributed by atoms with Crippen molar-refractivity contribution in [2.75, 3.05) is 0 Å². The first kappa shape index (κ1) is 12.7. The Balaban J connectivity index is 2.27. The monoisotopic (exact) mass is 287 g/mol. The van der Waals surface area contributed by atoms with Crippen molar-refractivity contribution in [2.45, 2.75) is 12.8 Å². The minimum Gasteiger partial charge on any atom is -0.307 e. The Labute approximate surface area is 126 Å². The maximum absolute atomic E-state index is 12.4. The second kappa shape index (κ2) is 4.74. The number of aromatic nitrogens is 2. The molecule has 106 valence electrons. The fourth-order valence-corrected chi connectivity index (χ4v) is 3.16. The van der Waals surface area contributed by atoms with Gasteiger partial charge in [-0.15, -0.1) is 0 Å². The average molecular weight is 287 g/mol. The van der Waals surface area contributed by atoms with E-state index in [1.54, 1.807) is 0 Å². The van der Waals surface area contributed by atoms with Crippen molar-refractivity contribution in [2.24, 2.45) is 0 Å². The predicted molar refractivity (Wildman–Crippen MR) is 87.0 cm³/mol. The number of H-pyrrole nitrogens is 1. The van der Waals surface area contributed by atoms with Crippen LogP contribution in [0.15, 0.2) is 53.3 Å². The van der Waals surface area contributed by atoms with Crippen molar-refractivity contribution < 1.29 is 0 Å². The molecule has 0 aliphatic carbocycles. The number of nitrogens with one attached hydrogen (secondary N) is 1. The van der Waals surface area contributed by atoms with Crippen LogP contribution in [0.3, 0.4) is 0 Å². The molecule has 0 spiro atoms. The summed E-state index contributed by atoms with van der Waals surface area (Å²) in [7, 11) is 0. The summed E-state index contributed by atoms with van der Waals surface area (Å²) in [5.41, 5.74) is 3.67. The maximum Gasteiger partial charge on any atom is 0.258 e. The number of aryl methyl sites for hydroxylation is 1. The summed E-state index contributed by atoms with van der Waals surface area (Å²) in [5, 5.41) is 10.7. The van der Waals surface area contributed by atoms with Crippen LogP contribution in [0, 0.1) is 11.3 Å². The Kier molecular flexibility index (Phi) is 2.73. The van der Waals surface area contributed by atoms with Gasteiger partial charge in [-0.1, -0.05) is 30.3 Å². The first-order valence-electron chi connectivity index (χ1n) is 7.21. The number of hydrogen-bond donors (Lipinski definition) is 1. The van der Waals surface area contributed by atoms with Gasteiger partial charge < -0.3 is 4.98 Å². The standard InChI is InChI=1S/C18H13N3O/c19-11-5-8-13-12-6-1-3-9-15(12)21-16-10-4-2-7-14(16)18(22)20-17(13)21/h1-4,6-7,9-10H,5,8H2,(H,20,22). The fourth-order valence-electron chi connectivity index (χ4n) is 3.16. The molecule has 0 unspecified atom stereocenters. The van der Waals surface area contributed by atoms with Gasteiger partial charge in [-0.2, -0.15) is 5.26 Å². The summed E-state index contributed by atoms with van der Waals surface area (Å²) in [6, 6.07) is 17.8. The van der Waals surface area contributed by atoms with Gasteiger partial charge in [-0.3, -0.25) is 9.20 Å². The maximum atomic E-state index is 12.4. The SMILES string of the molecule is N#CCCc1c2ccccc2n2c1[nH]c(=O)c1ccccc12. The van der Waals surface area contributed by atoms with Crippen molar-refractivity contribution in [3.63, 3.8) is 0 Å². The van der Waals surface area contributed by atoms with E-state index in [0.29, 0.717) is 18.2 Å². The van der Waals surface area contributed by atoms with Gasteiger partial charge >= 0.3 is 0 Å². The molecule has 0 saturated heterocycles. The van der Waals surface area contributed by atoms with E-state index in [1.807, 2.05) is 48.5 Å². The van der Waals surface area contributed by atoms with E-state index < -0.39 is 0 Å². The Bertz CT molecular complexity index is 1110. The molecular weight excluding hydrogens is 274 g/mol. The van der Waals surface area contributed by atoms with Crippen LogP contribution in [-0.4, -0.2) is 9.38 Å². The number of rotatable bonds is 2. The highest BCUT2D eigenvalue weighted by Gasteiger charge is 2.15. The molecule has 0 saturated carbocycles. The van der Waals surface area contributed by atoms with E-state index >= 15 is 0 Å². The van der Waals surface area contributed by atoms with Gasteiger partial charge in [0.15, 0.2) is 0 Å². The van der Waals surface area contributed by atoms with Crippen molar-refractivity contribution in [3.05, 3.63) is 64.4 Å². The van der Waals surface area contributed by atoms with Crippen molar-refractivity contribution in [1.29, 1.82) is 5.26 Å². The zero-order valence-corrected chi connectivity index (χ0v) is 11.8. The topological polar surface area (TPSA) is 61.1 Å². The second-order valence-electron chi connectivity index (χ2n) is 5.31. The molecule has 0 radical (unpaired) electrons. The zero-order valence-electron chi connectivity index (χ0n) is 11.8. The third-order valence-electron chi connectivity index (χ3n) is 4.09. The molecule has 2 aromatic heterocycles. The summed E-state index contributed by atoms with van der Waals surface area (Å²) < 4.78 is 2.08. The fraction of sp³-hybridized carbons (Fsp3) is 0.111. The van der Waals surface area contributed by atoms with Gasteiger partial charge in [0.2, 0.25) is 0 Å². The number of para-hydroxylation sites is 2. The third kappa shape index (κ3) is 1.66. The van der Waals surface area contributed by atoms with E-state index in [4.69, 9.17) is 5.26 Å². The largest absolute Gasteiger partial charge is 0.307 e. The highest BCUT2D eigenvalue weighted by atomic mass is 16.1. The zero-order chi connectivity index (χ0) is 15.1. The van der Waals surface area contributed by atoms with Gasteiger partial charge in [0.25, 0.3) is 5.56 Å². The lowest BCUT2D eigenvalue weighted by atomic mass is 10.1. The molecule has 2 aromatic carbocycles. The van der Waals surface area contributed by atoms with E-state index in [9.17, 15) is 4.79 Å². The van der Waals surface area contributed by atoms with E-state index in [-0.39, 0.29) is 5.56 Å². The molecule has 22 heavy (non-hydrogen) atoms. The Morgan fingerprint density at radius 3 is 2.36 bits per heavy atom. The van der Waals surface area contributed by atoms with Crippen molar-refractivity contribution >= 4 is 27.5 Å². The molecule has 1 N–H and O–H groups in total. The molecule has 4 rings (SSSR count). The molecule has 0 aliphatic rings. The highest BCUT2D eigenvalue weighted by molar-refractivity contribution is 5.96. The molecule has 2 heterocycles. The number of fused-ring (bicyclic) bond motifs is 5.